The number of aryl methyl sites for hydroxylation is 2. The standard InChI is InChI=1S/C15H14ClNO4/c1-6-3-8-11(10(5-17)15(18)19)13-9(4-7(2)20-13)12(16)14(8)21-6/h3-4,10H,5,17H2,1-2H3,(H,18,19). The summed E-state index contributed by atoms with van der Waals surface area (Å²) in [5, 5.41) is 11.1. The van der Waals surface area contributed by atoms with Crippen molar-refractivity contribution in [3.05, 3.63) is 34.2 Å². The molecule has 0 amide bonds. The van der Waals surface area contributed by atoms with Gasteiger partial charge in [-0.1, -0.05) is 11.6 Å². The van der Waals surface area contributed by atoms with Gasteiger partial charge in [-0.3, -0.25) is 4.79 Å². The Hall–Kier alpha value is -1.98. The van der Waals surface area contributed by atoms with Crippen LogP contribution in [0, 0.1) is 13.8 Å². The van der Waals surface area contributed by atoms with Crippen LogP contribution in [0.1, 0.15) is 23.0 Å². The van der Waals surface area contributed by atoms with E-state index in [0.717, 1.165) is 0 Å². The predicted octanol–water partition coefficient (Wildman–Crippen LogP) is 3.58. The molecule has 5 nitrogen and oxygen atoms in total. The highest BCUT2D eigenvalue weighted by Crippen LogP contribution is 2.42. The Kier molecular flexibility index (Phi) is 3.19. The lowest BCUT2D eigenvalue weighted by molar-refractivity contribution is -0.138. The molecule has 2 heterocycles. The van der Waals surface area contributed by atoms with Crippen LogP contribution in [0.15, 0.2) is 21.0 Å². The maximum absolute atomic E-state index is 11.5. The van der Waals surface area contributed by atoms with E-state index in [2.05, 4.69) is 0 Å². The van der Waals surface area contributed by atoms with Crippen molar-refractivity contribution in [2.45, 2.75) is 19.8 Å². The summed E-state index contributed by atoms with van der Waals surface area (Å²) >= 11 is 6.37. The quantitative estimate of drug-likeness (QED) is 0.772. The molecule has 1 aromatic carbocycles. The van der Waals surface area contributed by atoms with Crippen molar-refractivity contribution in [2.24, 2.45) is 5.73 Å². The summed E-state index contributed by atoms with van der Waals surface area (Å²) in [6.07, 6.45) is 0. The molecule has 3 N–H and O–H groups in total. The summed E-state index contributed by atoms with van der Waals surface area (Å²) in [5.41, 5.74) is 7.10. The average molecular weight is 308 g/mol. The lowest BCUT2D eigenvalue weighted by Gasteiger charge is -2.12. The minimum atomic E-state index is -1.00. The van der Waals surface area contributed by atoms with Gasteiger partial charge in [0.2, 0.25) is 0 Å². The SMILES string of the molecule is Cc1cc2c(C(CN)C(=O)O)c3oc(C)cc3c(Cl)c2o1. The van der Waals surface area contributed by atoms with Gasteiger partial charge >= 0.3 is 5.97 Å². The molecule has 3 rings (SSSR count). The number of carboxylic acid groups (broad SMARTS) is 1. The first kappa shape index (κ1) is 14.0. The number of halogens is 1. The number of benzene rings is 1. The second-order valence-electron chi connectivity index (χ2n) is 5.05. The summed E-state index contributed by atoms with van der Waals surface area (Å²) in [6, 6.07) is 3.54. The first-order valence-corrected chi connectivity index (χ1v) is 6.86. The molecule has 0 aliphatic rings. The molecule has 0 spiro atoms. The molecule has 0 saturated heterocycles. The number of nitrogens with two attached hydrogens (primary N) is 1. The molecular weight excluding hydrogens is 294 g/mol. The number of hydrogen-bond donors (Lipinski definition) is 2. The molecule has 0 bridgehead atoms. The lowest BCUT2D eigenvalue weighted by Crippen LogP contribution is -2.21. The van der Waals surface area contributed by atoms with Crippen molar-refractivity contribution in [3.8, 4) is 0 Å². The van der Waals surface area contributed by atoms with E-state index in [4.69, 9.17) is 26.2 Å². The number of furan rings is 2. The molecule has 2 aromatic heterocycles. The number of fused-ring (bicyclic) bond motifs is 2. The van der Waals surface area contributed by atoms with E-state index in [-0.39, 0.29) is 6.54 Å². The van der Waals surface area contributed by atoms with E-state index in [1.54, 1.807) is 26.0 Å². The highest BCUT2D eigenvalue weighted by molar-refractivity contribution is 6.40. The third kappa shape index (κ3) is 2.01. The van der Waals surface area contributed by atoms with Gasteiger partial charge in [0.05, 0.1) is 10.9 Å². The number of carboxylic acids is 1. The van der Waals surface area contributed by atoms with Crippen molar-refractivity contribution < 1.29 is 18.7 Å². The fourth-order valence-electron chi connectivity index (χ4n) is 2.69. The van der Waals surface area contributed by atoms with E-state index in [9.17, 15) is 9.90 Å². The molecule has 110 valence electrons. The molecule has 1 unspecified atom stereocenters. The van der Waals surface area contributed by atoms with Gasteiger partial charge in [0.15, 0.2) is 5.58 Å². The Morgan fingerprint density at radius 1 is 1.24 bits per heavy atom. The van der Waals surface area contributed by atoms with Crippen LogP contribution < -0.4 is 5.73 Å². The zero-order valence-electron chi connectivity index (χ0n) is 11.6. The molecule has 0 aliphatic heterocycles. The Morgan fingerprint density at radius 3 is 2.38 bits per heavy atom. The minimum absolute atomic E-state index is 0.0366. The lowest BCUT2D eigenvalue weighted by atomic mass is 9.94. The summed E-state index contributed by atoms with van der Waals surface area (Å²) in [5.74, 6) is -0.581. The number of hydrogen-bond acceptors (Lipinski definition) is 4. The molecule has 21 heavy (non-hydrogen) atoms. The van der Waals surface area contributed by atoms with E-state index in [1.807, 2.05) is 0 Å². The van der Waals surface area contributed by atoms with E-state index < -0.39 is 11.9 Å². The summed E-state index contributed by atoms with van der Waals surface area (Å²) in [6.45, 7) is 3.53. The first-order valence-electron chi connectivity index (χ1n) is 6.48. The fourth-order valence-corrected chi connectivity index (χ4v) is 2.97. The first-order chi connectivity index (χ1) is 9.93. The molecule has 3 aromatic rings. The smallest absolute Gasteiger partial charge is 0.312 e. The molecule has 0 aliphatic carbocycles. The molecule has 6 heteroatoms. The van der Waals surface area contributed by atoms with Gasteiger partial charge in [-0.2, -0.15) is 0 Å². The van der Waals surface area contributed by atoms with E-state index in [1.165, 1.54) is 0 Å². The van der Waals surface area contributed by atoms with Gasteiger partial charge in [-0.15, -0.1) is 0 Å². The van der Waals surface area contributed by atoms with Crippen LogP contribution in [0.2, 0.25) is 5.02 Å². The molecule has 0 saturated carbocycles. The fraction of sp³-hybridized carbons (Fsp3) is 0.267. The zero-order chi connectivity index (χ0) is 15.3. The second-order valence-corrected chi connectivity index (χ2v) is 5.43. The molecule has 0 radical (unpaired) electrons. The predicted molar refractivity (Wildman–Crippen MR) is 79.9 cm³/mol. The number of aliphatic carboxylic acids is 1. The second kappa shape index (κ2) is 4.79. The summed E-state index contributed by atoms with van der Waals surface area (Å²) < 4.78 is 11.3. The van der Waals surface area contributed by atoms with Crippen molar-refractivity contribution in [2.75, 3.05) is 6.54 Å². The van der Waals surface area contributed by atoms with Crippen LogP contribution in [0.5, 0.6) is 0 Å². The van der Waals surface area contributed by atoms with Crippen LogP contribution in [0.25, 0.3) is 21.9 Å². The van der Waals surface area contributed by atoms with Crippen molar-refractivity contribution in [3.63, 3.8) is 0 Å². The molecular formula is C15H14ClNO4. The third-order valence-corrected chi connectivity index (χ3v) is 3.94. The van der Waals surface area contributed by atoms with Gasteiger partial charge in [0.1, 0.15) is 17.1 Å². The largest absolute Gasteiger partial charge is 0.481 e. The number of rotatable bonds is 3. The minimum Gasteiger partial charge on any atom is -0.481 e. The van der Waals surface area contributed by atoms with Gasteiger partial charge in [-0.25, -0.2) is 0 Å². The Labute approximate surface area is 125 Å². The van der Waals surface area contributed by atoms with E-state index >= 15 is 0 Å². The highest BCUT2D eigenvalue weighted by atomic mass is 35.5. The van der Waals surface area contributed by atoms with Gasteiger partial charge in [0, 0.05) is 22.9 Å². The zero-order valence-corrected chi connectivity index (χ0v) is 12.3. The van der Waals surface area contributed by atoms with Crippen molar-refractivity contribution in [1.82, 2.24) is 0 Å². The average Bonchev–Trinajstić information content (AvgIpc) is 2.97. The molecule has 1 atom stereocenters. The highest BCUT2D eigenvalue weighted by Gasteiger charge is 2.28. The number of carbonyl (C=O) groups is 1. The van der Waals surface area contributed by atoms with Crippen LogP contribution in [0.4, 0.5) is 0 Å². The normalized spacial score (nSPS) is 13.1. The van der Waals surface area contributed by atoms with Crippen LogP contribution in [0.3, 0.4) is 0 Å². The van der Waals surface area contributed by atoms with Gasteiger partial charge < -0.3 is 19.7 Å². The van der Waals surface area contributed by atoms with Crippen LogP contribution in [-0.2, 0) is 4.79 Å². The van der Waals surface area contributed by atoms with Crippen LogP contribution >= 0.6 is 11.6 Å². The van der Waals surface area contributed by atoms with Crippen molar-refractivity contribution >= 4 is 39.5 Å². The summed E-state index contributed by atoms with van der Waals surface area (Å²) in [7, 11) is 0. The third-order valence-electron chi connectivity index (χ3n) is 3.56. The topological polar surface area (TPSA) is 89.6 Å². The van der Waals surface area contributed by atoms with Gasteiger partial charge in [-0.05, 0) is 26.0 Å². The Balaban J connectivity index is 2.52. The van der Waals surface area contributed by atoms with Crippen LogP contribution in [-0.4, -0.2) is 17.6 Å². The molecule has 0 fully saturated rings. The summed E-state index contributed by atoms with van der Waals surface area (Å²) in [4.78, 5) is 11.5. The van der Waals surface area contributed by atoms with Crippen molar-refractivity contribution in [1.29, 1.82) is 0 Å². The Bertz CT molecular complexity index is 804. The Morgan fingerprint density at radius 2 is 1.81 bits per heavy atom. The maximum Gasteiger partial charge on any atom is 0.312 e. The van der Waals surface area contributed by atoms with Gasteiger partial charge in [0.25, 0.3) is 0 Å². The van der Waals surface area contributed by atoms with E-state index in [0.29, 0.717) is 44.0 Å². The monoisotopic (exact) mass is 307 g/mol. The maximum atomic E-state index is 11.5.